The summed E-state index contributed by atoms with van der Waals surface area (Å²) in [6, 6.07) is 6.22. The predicted molar refractivity (Wildman–Crippen MR) is 75.9 cm³/mol. The smallest absolute Gasteiger partial charge is 0.168 e. The summed E-state index contributed by atoms with van der Waals surface area (Å²) in [5.74, 6) is -0.371. The molecule has 2 rings (SSSR count). The number of halogens is 3. The number of benzene rings is 1. The minimum atomic E-state index is -1.03. The first kappa shape index (κ1) is 15.0. The molecular weight excluding hydrogens is 304 g/mol. The predicted octanol–water partition coefficient (Wildman–Crippen LogP) is 3.81. The number of methoxy groups -OCH3 is 1. The fourth-order valence-corrected chi connectivity index (χ4v) is 2.35. The Morgan fingerprint density at radius 1 is 1.40 bits per heavy atom. The van der Waals surface area contributed by atoms with Gasteiger partial charge < -0.3 is 9.84 Å². The average molecular weight is 316 g/mol. The molecule has 6 heteroatoms. The highest BCUT2D eigenvalue weighted by Crippen LogP contribution is 2.28. The first-order valence-electron chi connectivity index (χ1n) is 5.83. The van der Waals surface area contributed by atoms with E-state index in [9.17, 15) is 9.50 Å². The van der Waals surface area contributed by atoms with Gasteiger partial charge in [0.15, 0.2) is 11.6 Å². The van der Waals surface area contributed by atoms with Crippen LogP contribution in [0.5, 0.6) is 5.75 Å². The lowest BCUT2D eigenvalue weighted by molar-refractivity contribution is 0.172. The van der Waals surface area contributed by atoms with Crippen LogP contribution >= 0.6 is 23.2 Å². The van der Waals surface area contributed by atoms with Crippen molar-refractivity contribution in [3.8, 4) is 5.75 Å². The molecule has 1 atom stereocenters. The molecule has 106 valence electrons. The Bertz CT molecular complexity index is 622. The minimum absolute atomic E-state index is 0.0391. The summed E-state index contributed by atoms with van der Waals surface area (Å²) >= 11 is 11.7. The van der Waals surface area contributed by atoms with Crippen LogP contribution in [0.2, 0.25) is 10.0 Å². The van der Waals surface area contributed by atoms with Gasteiger partial charge in [0.1, 0.15) is 6.10 Å². The third-order valence-corrected chi connectivity index (χ3v) is 3.34. The van der Waals surface area contributed by atoms with Gasteiger partial charge in [-0.1, -0.05) is 35.3 Å². The number of rotatable bonds is 4. The summed E-state index contributed by atoms with van der Waals surface area (Å²) < 4.78 is 18.9. The second-order valence-corrected chi connectivity index (χ2v) is 5.02. The summed E-state index contributed by atoms with van der Waals surface area (Å²) in [6.07, 6.45) is 0.395. The standard InChI is InChI=1S/C14H12Cl2FNO2/c1-20-12-4-2-3-8(13(12)17)5-11(19)14-10(16)6-9(15)7-18-14/h2-4,6-7,11,19H,5H2,1H3. The second-order valence-electron chi connectivity index (χ2n) is 4.17. The number of aliphatic hydroxyl groups is 1. The maximum absolute atomic E-state index is 14.0. The van der Waals surface area contributed by atoms with Crippen LogP contribution in [0.3, 0.4) is 0 Å². The van der Waals surface area contributed by atoms with Crippen molar-refractivity contribution >= 4 is 23.2 Å². The molecule has 0 aliphatic heterocycles. The van der Waals surface area contributed by atoms with E-state index in [1.807, 2.05) is 0 Å². The number of nitrogens with zero attached hydrogens (tertiary/aromatic N) is 1. The molecule has 3 nitrogen and oxygen atoms in total. The largest absolute Gasteiger partial charge is 0.494 e. The average Bonchev–Trinajstić information content (AvgIpc) is 2.41. The fourth-order valence-electron chi connectivity index (χ4n) is 1.85. The van der Waals surface area contributed by atoms with Crippen molar-refractivity contribution in [2.45, 2.75) is 12.5 Å². The molecule has 0 spiro atoms. The van der Waals surface area contributed by atoms with Crippen molar-refractivity contribution in [2.75, 3.05) is 7.11 Å². The van der Waals surface area contributed by atoms with Gasteiger partial charge in [-0.25, -0.2) is 4.39 Å². The molecule has 0 amide bonds. The molecule has 1 N–H and O–H groups in total. The minimum Gasteiger partial charge on any atom is -0.494 e. The third-order valence-electron chi connectivity index (χ3n) is 2.83. The zero-order chi connectivity index (χ0) is 14.7. The van der Waals surface area contributed by atoms with E-state index < -0.39 is 11.9 Å². The molecule has 0 radical (unpaired) electrons. The number of pyridine rings is 1. The van der Waals surface area contributed by atoms with E-state index in [2.05, 4.69) is 4.98 Å². The van der Waals surface area contributed by atoms with Crippen LogP contribution in [0.25, 0.3) is 0 Å². The lowest BCUT2D eigenvalue weighted by atomic mass is 10.0. The van der Waals surface area contributed by atoms with Crippen molar-refractivity contribution in [1.29, 1.82) is 0 Å². The molecule has 1 aromatic heterocycles. The van der Waals surface area contributed by atoms with Gasteiger partial charge in [-0.2, -0.15) is 0 Å². The molecule has 1 heterocycles. The maximum atomic E-state index is 14.0. The first-order valence-corrected chi connectivity index (χ1v) is 6.59. The summed E-state index contributed by atoms with van der Waals surface area (Å²) in [6.45, 7) is 0. The summed E-state index contributed by atoms with van der Waals surface area (Å²) in [5.41, 5.74) is 0.586. The van der Waals surface area contributed by atoms with E-state index >= 15 is 0 Å². The van der Waals surface area contributed by atoms with Crippen molar-refractivity contribution in [3.63, 3.8) is 0 Å². The summed E-state index contributed by atoms with van der Waals surface area (Å²) in [5, 5.41) is 10.8. The summed E-state index contributed by atoms with van der Waals surface area (Å²) in [4.78, 5) is 3.98. The molecule has 0 fully saturated rings. The van der Waals surface area contributed by atoms with Gasteiger partial charge in [-0.05, 0) is 17.7 Å². The highest BCUT2D eigenvalue weighted by molar-refractivity contribution is 6.34. The van der Waals surface area contributed by atoms with Crippen molar-refractivity contribution in [1.82, 2.24) is 4.98 Å². The van der Waals surface area contributed by atoms with Crippen molar-refractivity contribution < 1.29 is 14.2 Å². The lowest BCUT2D eigenvalue weighted by Crippen LogP contribution is -2.07. The Labute approximate surface area is 125 Å². The van der Waals surface area contributed by atoms with E-state index in [1.165, 1.54) is 25.4 Å². The molecule has 0 aliphatic carbocycles. The molecule has 20 heavy (non-hydrogen) atoms. The Kier molecular flexibility index (Phi) is 4.81. The van der Waals surface area contributed by atoms with Crippen LogP contribution in [-0.4, -0.2) is 17.2 Å². The normalized spacial score (nSPS) is 12.2. The Morgan fingerprint density at radius 3 is 2.80 bits per heavy atom. The highest BCUT2D eigenvalue weighted by atomic mass is 35.5. The third kappa shape index (κ3) is 3.20. The van der Waals surface area contributed by atoms with E-state index in [0.717, 1.165) is 0 Å². The number of aromatic nitrogens is 1. The van der Waals surface area contributed by atoms with Gasteiger partial charge in [-0.3, -0.25) is 4.98 Å². The van der Waals surface area contributed by atoms with Crippen LogP contribution in [-0.2, 0) is 6.42 Å². The quantitative estimate of drug-likeness (QED) is 0.932. The zero-order valence-corrected chi connectivity index (χ0v) is 12.1. The molecule has 2 aromatic rings. The molecule has 1 aromatic carbocycles. The monoisotopic (exact) mass is 315 g/mol. The van der Waals surface area contributed by atoms with Crippen LogP contribution in [0, 0.1) is 5.82 Å². The van der Waals surface area contributed by atoms with Gasteiger partial charge >= 0.3 is 0 Å². The molecule has 0 bridgehead atoms. The van der Waals surface area contributed by atoms with Gasteiger partial charge in [0.25, 0.3) is 0 Å². The van der Waals surface area contributed by atoms with Crippen LogP contribution in [0.4, 0.5) is 4.39 Å². The SMILES string of the molecule is COc1cccc(CC(O)c2ncc(Cl)cc2Cl)c1F. The number of aliphatic hydroxyl groups excluding tert-OH is 1. The number of hydrogen-bond acceptors (Lipinski definition) is 3. The Hall–Kier alpha value is -1.36. The molecule has 0 aliphatic rings. The van der Waals surface area contributed by atoms with Crippen LogP contribution < -0.4 is 4.74 Å². The Balaban J connectivity index is 2.25. The fraction of sp³-hybridized carbons (Fsp3) is 0.214. The molecule has 1 unspecified atom stereocenters. The zero-order valence-electron chi connectivity index (χ0n) is 10.6. The van der Waals surface area contributed by atoms with Crippen LogP contribution in [0.1, 0.15) is 17.4 Å². The lowest BCUT2D eigenvalue weighted by Gasteiger charge is -2.13. The molecule has 0 saturated heterocycles. The second kappa shape index (κ2) is 6.39. The van der Waals surface area contributed by atoms with Gasteiger partial charge in [0, 0.05) is 12.6 Å². The number of ether oxygens (including phenoxy) is 1. The maximum Gasteiger partial charge on any atom is 0.168 e. The Morgan fingerprint density at radius 2 is 2.15 bits per heavy atom. The van der Waals surface area contributed by atoms with Gasteiger partial charge in [0.05, 0.1) is 22.8 Å². The molecule has 0 saturated carbocycles. The van der Waals surface area contributed by atoms with Crippen molar-refractivity contribution in [2.24, 2.45) is 0 Å². The van der Waals surface area contributed by atoms with Gasteiger partial charge in [-0.15, -0.1) is 0 Å². The van der Waals surface area contributed by atoms with E-state index in [1.54, 1.807) is 12.1 Å². The molecular formula is C14H12Cl2FNO2. The summed E-state index contributed by atoms with van der Waals surface area (Å²) in [7, 11) is 1.39. The van der Waals surface area contributed by atoms with E-state index in [4.69, 9.17) is 27.9 Å². The van der Waals surface area contributed by atoms with Crippen LogP contribution in [0.15, 0.2) is 30.5 Å². The van der Waals surface area contributed by atoms with Gasteiger partial charge in [0.2, 0.25) is 0 Å². The van der Waals surface area contributed by atoms with Crippen molar-refractivity contribution in [3.05, 3.63) is 57.6 Å². The van der Waals surface area contributed by atoms with E-state index in [-0.39, 0.29) is 22.9 Å². The highest BCUT2D eigenvalue weighted by Gasteiger charge is 2.18. The first-order chi connectivity index (χ1) is 9.52. The van der Waals surface area contributed by atoms with E-state index in [0.29, 0.717) is 10.6 Å². The topological polar surface area (TPSA) is 42.4 Å². The number of hydrogen-bond donors (Lipinski definition) is 1.